The van der Waals surface area contributed by atoms with E-state index >= 15 is 0 Å². The molecule has 0 spiro atoms. The van der Waals surface area contributed by atoms with Crippen LogP contribution in [0.4, 0.5) is 23.4 Å². The van der Waals surface area contributed by atoms with Crippen molar-refractivity contribution in [3.63, 3.8) is 0 Å². The van der Waals surface area contributed by atoms with E-state index in [1.165, 1.54) is 27.9 Å². The van der Waals surface area contributed by atoms with Crippen LogP contribution in [0.2, 0.25) is 0 Å². The molecule has 3 aromatic heterocycles. The predicted octanol–water partition coefficient (Wildman–Crippen LogP) is 3.01. The van der Waals surface area contributed by atoms with Gasteiger partial charge in [-0.3, -0.25) is 0 Å². The largest absolute Gasteiger partial charge is 0.534 e. The van der Waals surface area contributed by atoms with Gasteiger partial charge in [-0.2, -0.15) is 26.7 Å². The molecule has 4 heterocycles. The molecule has 0 radical (unpaired) electrons. The smallest absolute Gasteiger partial charge is 0.462 e. The first kappa shape index (κ1) is 21.1. The zero-order chi connectivity index (χ0) is 26.5. The van der Waals surface area contributed by atoms with Crippen molar-refractivity contribution in [2.45, 2.75) is 31.3 Å². The van der Waals surface area contributed by atoms with Crippen molar-refractivity contribution in [3.05, 3.63) is 47.7 Å². The number of hydrogen-bond acceptors (Lipinski definition) is 9. The fraction of sp³-hybridized carbons (Fsp3) is 0.368. The van der Waals surface area contributed by atoms with Crippen LogP contribution >= 0.6 is 0 Å². The first-order chi connectivity index (χ1) is 16.7. The monoisotopic (exact) mass is 505 g/mol. The Balaban J connectivity index is 1.80. The summed E-state index contributed by atoms with van der Waals surface area (Å²) in [6.07, 6.45) is 0.753. The highest BCUT2D eigenvalue weighted by Gasteiger charge is 2.49. The van der Waals surface area contributed by atoms with Crippen LogP contribution in [0.25, 0.3) is 5.65 Å². The van der Waals surface area contributed by atoms with Gasteiger partial charge in [0.2, 0.25) is 5.88 Å². The summed E-state index contributed by atoms with van der Waals surface area (Å²) in [6, 6.07) is 0.878. The summed E-state index contributed by atoms with van der Waals surface area (Å²) in [6.45, 7) is 1.33. The molecular formula is C19H17F4N5O5S. The number of carbonyl (C=O) groups is 1. The van der Waals surface area contributed by atoms with Gasteiger partial charge >= 0.3 is 21.6 Å². The molecule has 1 unspecified atom stereocenters. The fourth-order valence-electron chi connectivity index (χ4n) is 3.33. The number of aromatic nitrogens is 4. The van der Waals surface area contributed by atoms with Crippen LogP contribution < -0.4 is 9.08 Å². The Morgan fingerprint density at radius 2 is 2.12 bits per heavy atom. The number of fused-ring (bicyclic) bond motifs is 1. The minimum absolute atomic E-state index is 0.00479. The number of carbonyl (C=O) groups excluding carboxylic acids is 1. The second-order valence-corrected chi connectivity index (χ2v) is 8.50. The van der Waals surface area contributed by atoms with Gasteiger partial charge in [0.1, 0.15) is 17.2 Å². The molecule has 0 aromatic carbocycles. The highest BCUT2D eigenvalue weighted by atomic mass is 32.2. The minimum Gasteiger partial charge on any atom is -0.462 e. The molecule has 0 amide bonds. The number of alkyl halides is 3. The summed E-state index contributed by atoms with van der Waals surface area (Å²) in [5.41, 5.74) is -6.16. The van der Waals surface area contributed by atoms with Crippen molar-refractivity contribution in [1.29, 1.82) is 0 Å². The Kier molecular flexibility index (Phi) is 5.39. The highest BCUT2D eigenvalue weighted by molar-refractivity contribution is 7.87. The van der Waals surface area contributed by atoms with Gasteiger partial charge < -0.3 is 13.8 Å². The van der Waals surface area contributed by atoms with Gasteiger partial charge in [0, 0.05) is 21.0 Å². The minimum atomic E-state index is -6.14. The van der Waals surface area contributed by atoms with Crippen LogP contribution in [0, 0.1) is 5.82 Å². The molecular weight excluding hydrogens is 486 g/mol. The van der Waals surface area contributed by atoms with Crippen LogP contribution in [0.1, 0.15) is 44.4 Å². The van der Waals surface area contributed by atoms with E-state index in [9.17, 15) is 30.8 Å². The Labute approximate surface area is 193 Å². The molecule has 3 aromatic rings. The van der Waals surface area contributed by atoms with Crippen molar-refractivity contribution < 1.29 is 42.4 Å². The topological polar surface area (TPSA) is 116 Å². The van der Waals surface area contributed by atoms with Crippen LogP contribution in [0.5, 0.6) is 5.88 Å². The summed E-state index contributed by atoms with van der Waals surface area (Å²) in [5.74, 6) is -2.74. The average molecular weight is 505 g/mol. The number of ether oxygens (including phenoxy) is 1. The second kappa shape index (κ2) is 8.70. The third kappa shape index (κ3) is 4.34. The fourth-order valence-corrected chi connectivity index (χ4v) is 3.78. The van der Waals surface area contributed by atoms with E-state index in [0.717, 1.165) is 0 Å². The van der Waals surface area contributed by atoms with E-state index in [1.807, 2.05) is 0 Å². The number of pyridine rings is 1. The van der Waals surface area contributed by atoms with Crippen LogP contribution in [0.3, 0.4) is 0 Å². The number of hydrogen-bond donors (Lipinski definition) is 0. The Morgan fingerprint density at radius 1 is 1.35 bits per heavy atom. The normalized spacial score (nSPS) is 19.1. The molecule has 1 saturated heterocycles. The predicted molar refractivity (Wildman–Crippen MR) is 108 cm³/mol. The lowest BCUT2D eigenvalue weighted by Gasteiger charge is -2.27. The van der Waals surface area contributed by atoms with E-state index in [1.54, 1.807) is 6.92 Å². The zero-order valence-corrected chi connectivity index (χ0v) is 18.1. The number of halogens is 4. The summed E-state index contributed by atoms with van der Waals surface area (Å²) in [4.78, 5) is 21.2. The molecule has 1 fully saturated rings. The lowest BCUT2D eigenvalue weighted by Crippen LogP contribution is -2.30. The van der Waals surface area contributed by atoms with E-state index in [-0.39, 0.29) is 30.2 Å². The SMILES string of the molecule is [2H]C1([2H])CC(c2cc(F)cnc2OS(=O)(=O)C(F)(F)F)N(c2ccn3ncc(C(=O)OCC)c3n2)C1. The highest BCUT2D eigenvalue weighted by Crippen LogP contribution is 2.40. The van der Waals surface area contributed by atoms with Gasteiger partial charge in [-0.15, -0.1) is 0 Å². The van der Waals surface area contributed by atoms with Gasteiger partial charge in [0.15, 0.2) is 5.65 Å². The maximum atomic E-state index is 14.1. The van der Waals surface area contributed by atoms with Gasteiger partial charge in [-0.1, -0.05) is 0 Å². The maximum Gasteiger partial charge on any atom is 0.534 e. The molecule has 0 aliphatic carbocycles. The van der Waals surface area contributed by atoms with Crippen molar-refractivity contribution in [2.75, 3.05) is 18.1 Å². The molecule has 0 saturated carbocycles. The van der Waals surface area contributed by atoms with E-state index in [0.29, 0.717) is 12.3 Å². The molecule has 34 heavy (non-hydrogen) atoms. The number of nitrogens with zero attached hydrogens (tertiary/aromatic N) is 5. The second-order valence-electron chi connectivity index (χ2n) is 6.96. The summed E-state index contributed by atoms with van der Waals surface area (Å²) >= 11 is 0. The molecule has 4 rings (SSSR count). The van der Waals surface area contributed by atoms with Gasteiger partial charge in [-0.05, 0) is 31.9 Å². The Morgan fingerprint density at radius 3 is 2.82 bits per heavy atom. The third-order valence-electron chi connectivity index (χ3n) is 4.82. The van der Waals surface area contributed by atoms with Gasteiger partial charge in [0.25, 0.3) is 0 Å². The molecule has 15 heteroatoms. The van der Waals surface area contributed by atoms with Crippen molar-refractivity contribution >= 4 is 27.6 Å². The van der Waals surface area contributed by atoms with Crippen molar-refractivity contribution in [3.8, 4) is 5.88 Å². The number of rotatable bonds is 6. The number of esters is 1. The number of anilines is 1. The van der Waals surface area contributed by atoms with E-state index in [4.69, 9.17) is 7.48 Å². The Hall–Kier alpha value is -3.49. The zero-order valence-electron chi connectivity index (χ0n) is 19.3. The maximum absolute atomic E-state index is 14.1. The molecule has 182 valence electrons. The lowest BCUT2D eigenvalue weighted by molar-refractivity contribution is -0.0501. The van der Waals surface area contributed by atoms with Gasteiger partial charge in [0.05, 0.1) is 25.0 Å². The van der Waals surface area contributed by atoms with Crippen molar-refractivity contribution in [1.82, 2.24) is 19.6 Å². The molecule has 0 N–H and O–H groups in total. The third-order valence-corrected chi connectivity index (χ3v) is 5.76. The Bertz CT molecular complexity index is 1430. The van der Waals surface area contributed by atoms with Crippen LogP contribution in [-0.4, -0.2) is 52.6 Å². The molecule has 1 atom stereocenters. The molecule has 1 aliphatic heterocycles. The first-order valence-corrected chi connectivity index (χ1v) is 11.1. The summed E-state index contributed by atoms with van der Waals surface area (Å²) < 4.78 is 103. The quantitative estimate of drug-likeness (QED) is 0.216. The standard InChI is InChI=1S/C19H17F4N5O5S/c1-2-32-18(29)13-10-25-28-7-5-15(26-16(13)28)27-6-3-4-14(27)12-8-11(20)9-24-17(12)33-34(30,31)19(21,22)23/h5,7-10,14H,2-4,6H2,1H3/i3D2. The van der Waals surface area contributed by atoms with Crippen LogP contribution in [-0.2, 0) is 14.9 Å². The lowest BCUT2D eigenvalue weighted by atomic mass is 10.1. The van der Waals surface area contributed by atoms with E-state index < -0.39 is 57.7 Å². The van der Waals surface area contributed by atoms with E-state index in [2.05, 4.69) is 19.2 Å². The van der Waals surface area contributed by atoms with Crippen LogP contribution in [0.15, 0.2) is 30.7 Å². The van der Waals surface area contributed by atoms with Crippen molar-refractivity contribution in [2.24, 2.45) is 0 Å². The molecule has 0 bridgehead atoms. The molecule has 1 aliphatic rings. The first-order valence-electron chi connectivity index (χ1n) is 10.7. The average Bonchev–Trinajstić information content (AvgIpc) is 3.34. The molecule has 10 nitrogen and oxygen atoms in total. The van der Waals surface area contributed by atoms with Gasteiger partial charge in [-0.25, -0.2) is 23.7 Å². The summed E-state index contributed by atoms with van der Waals surface area (Å²) in [5, 5.41) is 3.99. The summed E-state index contributed by atoms with van der Waals surface area (Å²) in [7, 11) is -6.14.